The molecule has 3 N–H and O–H groups in total. The fourth-order valence-corrected chi connectivity index (χ4v) is 3.62. The molecule has 162 valence electrons. The molecule has 1 amide bonds. The van der Waals surface area contributed by atoms with Crippen molar-refractivity contribution in [2.75, 3.05) is 5.32 Å². The van der Waals surface area contributed by atoms with Gasteiger partial charge < -0.3 is 15.7 Å². The van der Waals surface area contributed by atoms with Gasteiger partial charge in [0.25, 0.3) is 5.91 Å². The van der Waals surface area contributed by atoms with Crippen molar-refractivity contribution in [1.29, 1.82) is 0 Å². The summed E-state index contributed by atoms with van der Waals surface area (Å²) in [7, 11) is 0. The van der Waals surface area contributed by atoms with Crippen LogP contribution in [0.3, 0.4) is 0 Å². The van der Waals surface area contributed by atoms with E-state index in [0.29, 0.717) is 17.1 Å². The number of fused-ring (bicyclic) bond motifs is 1. The topological polar surface area (TPSA) is 95.7 Å². The number of benzene rings is 1. The van der Waals surface area contributed by atoms with E-state index in [1.165, 1.54) is 0 Å². The molecule has 1 aliphatic carbocycles. The molecule has 0 aliphatic heterocycles. The number of carbonyl (C=O) groups is 2. The van der Waals surface area contributed by atoms with Crippen LogP contribution in [-0.4, -0.2) is 37.9 Å². The van der Waals surface area contributed by atoms with Gasteiger partial charge in [-0.15, -0.1) is 0 Å². The van der Waals surface area contributed by atoms with Crippen LogP contribution in [0, 0.1) is 0 Å². The molecular formula is C24H28N4O3. The minimum absolute atomic E-state index is 0.123. The number of aromatic nitrogens is 2. The summed E-state index contributed by atoms with van der Waals surface area (Å²) in [6.45, 7) is 6.30. The van der Waals surface area contributed by atoms with Gasteiger partial charge in [-0.05, 0) is 51.3 Å². The Balaban J connectivity index is 1.58. The minimum Gasteiger partial charge on any atom is -0.480 e. The molecule has 2 heterocycles. The molecule has 0 saturated heterocycles. The van der Waals surface area contributed by atoms with Gasteiger partial charge in [0.15, 0.2) is 0 Å². The number of rotatable bonds is 7. The summed E-state index contributed by atoms with van der Waals surface area (Å²) in [6.07, 6.45) is 4.29. The Labute approximate surface area is 181 Å². The first-order valence-corrected chi connectivity index (χ1v) is 10.6. The summed E-state index contributed by atoms with van der Waals surface area (Å²) in [6, 6.07) is 11.7. The minimum atomic E-state index is -1.06. The third-order valence-electron chi connectivity index (χ3n) is 5.26. The average molecular weight is 421 g/mol. The maximum atomic E-state index is 12.8. The lowest BCUT2D eigenvalue weighted by Gasteiger charge is -2.22. The quantitative estimate of drug-likeness (QED) is 0.540. The van der Waals surface area contributed by atoms with Crippen LogP contribution in [0.4, 0.5) is 5.82 Å². The summed E-state index contributed by atoms with van der Waals surface area (Å²) in [5.41, 5.74) is 2.82. The van der Waals surface area contributed by atoms with Crippen molar-refractivity contribution >= 4 is 23.3 Å². The highest BCUT2D eigenvalue weighted by molar-refractivity contribution is 5.97. The predicted octanol–water partition coefficient (Wildman–Crippen LogP) is 3.85. The first-order chi connectivity index (χ1) is 14.7. The smallest absolute Gasteiger partial charge is 0.326 e. The maximum absolute atomic E-state index is 12.8. The largest absolute Gasteiger partial charge is 0.480 e. The Bertz CT molecular complexity index is 1110. The lowest BCUT2D eigenvalue weighted by atomic mass is 10.1. The molecule has 1 fully saturated rings. The number of hydrogen-bond acceptors (Lipinski definition) is 4. The van der Waals surface area contributed by atoms with Gasteiger partial charge in [-0.1, -0.05) is 30.3 Å². The third-order valence-corrected chi connectivity index (χ3v) is 5.26. The maximum Gasteiger partial charge on any atom is 0.326 e. The number of nitrogens with zero attached hydrogens (tertiary/aromatic N) is 2. The second kappa shape index (κ2) is 8.06. The molecule has 1 aliphatic rings. The highest BCUT2D eigenvalue weighted by Gasteiger charge is 2.31. The number of pyridine rings is 1. The second-order valence-corrected chi connectivity index (χ2v) is 9.19. The van der Waals surface area contributed by atoms with E-state index >= 15 is 0 Å². The van der Waals surface area contributed by atoms with Gasteiger partial charge in [0, 0.05) is 29.6 Å². The van der Waals surface area contributed by atoms with Crippen molar-refractivity contribution < 1.29 is 14.7 Å². The van der Waals surface area contributed by atoms with Crippen LogP contribution in [0.2, 0.25) is 0 Å². The molecule has 7 nitrogen and oxygen atoms in total. The monoisotopic (exact) mass is 420 g/mol. The predicted molar refractivity (Wildman–Crippen MR) is 120 cm³/mol. The number of carboxylic acids is 1. The fourth-order valence-electron chi connectivity index (χ4n) is 3.62. The Kier molecular flexibility index (Phi) is 5.43. The molecule has 1 unspecified atom stereocenters. The SMILES string of the molecule is CC(C)(C)Nc1c(C2CC2)nc2cc(C(=O)NC(Cc3ccccc3)C(=O)O)ccn12. The Hall–Kier alpha value is -3.35. The molecule has 0 spiro atoms. The van der Waals surface area contributed by atoms with Gasteiger partial charge in [-0.3, -0.25) is 9.20 Å². The van der Waals surface area contributed by atoms with Crippen LogP contribution in [0.25, 0.3) is 5.65 Å². The zero-order valence-corrected chi connectivity index (χ0v) is 18.1. The van der Waals surface area contributed by atoms with Crippen molar-refractivity contribution in [1.82, 2.24) is 14.7 Å². The number of carboxylic acid groups (broad SMARTS) is 1. The summed E-state index contributed by atoms with van der Waals surface area (Å²) < 4.78 is 1.97. The number of nitrogens with one attached hydrogen (secondary N) is 2. The fraction of sp³-hybridized carbons (Fsp3) is 0.375. The number of imidazole rings is 1. The Morgan fingerprint density at radius 3 is 2.52 bits per heavy atom. The normalized spacial score (nSPS) is 14.9. The lowest BCUT2D eigenvalue weighted by Crippen LogP contribution is -2.42. The Morgan fingerprint density at radius 1 is 1.19 bits per heavy atom. The summed E-state index contributed by atoms with van der Waals surface area (Å²) in [5, 5.41) is 15.8. The average Bonchev–Trinajstić information content (AvgIpc) is 3.50. The van der Waals surface area contributed by atoms with Gasteiger partial charge in [0.1, 0.15) is 17.5 Å². The highest BCUT2D eigenvalue weighted by atomic mass is 16.4. The summed E-state index contributed by atoms with van der Waals surface area (Å²) >= 11 is 0. The lowest BCUT2D eigenvalue weighted by molar-refractivity contribution is -0.139. The van der Waals surface area contributed by atoms with E-state index in [4.69, 9.17) is 4.98 Å². The zero-order chi connectivity index (χ0) is 22.2. The molecule has 1 atom stereocenters. The van der Waals surface area contributed by atoms with Crippen LogP contribution >= 0.6 is 0 Å². The molecule has 1 aromatic carbocycles. The van der Waals surface area contributed by atoms with E-state index in [1.807, 2.05) is 40.9 Å². The molecule has 3 aromatic rings. The number of anilines is 1. The first-order valence-electron chi connectivity index (χ1n) is 10.6. The van der Waals surface area contributed by atoms with E-state index in [-0.39, 0.29) is 12.0 Å². The number of hydrogen-bond donors (Lipinski definition) is 3. The van der Waals surface area contributed by atoms with E-state index in [9.17, 15) is 14.7 Å². The van der Waals surface area contributed by atoms with Gasteiger partial charge >= 0.3 is 5.97 Å². The molecule has 31 heavy (non-hydrogen) atoms. The van der Waals surface area contributed by atoms with Crippen molar-refractivity contribution in [3.63, 3.8) is 0 Å². The third kappa shape index (κ3) is 4.87. The summed E-state index contributed by atoms with van der Waals surface area (Å²) in [5.74, 6) is -0.0763. The zero-order valence-electron chi connectivity index (χ0n) is 18.1. The molecule has 2 aromatic heterocycles. The van der Waals surface area contributed by atoms with E-state index in [2.05, 4.69) is 31.4 Å². The van der Waals surface area contributed by atoms with Crippen LogP contribution < -0.4 is 10.6 Å². The molecule has 4 rings (SSSR count). The van der Waals surface area contributed by atoms with Crippen molar-refractivity contribution in [2.45, 2.75) is 57.5 Å². The van der Waals surface area contributed by atoms with Crippen LogP contribution in [0.15, 0.2) is 48.7 Å². The van der Waals surface area contributed by atoms with Crippen molar-refractivity contribution in [2.24, 2.45) is 0 Å². The van der Waals surface area contributed by atoms with E-state index in [0.717, 1.165) is 29.9 Å². The van der Waals surface area contributed by atoms with Gasteiger partial charge in [0.05, 0.1) is 5.69 Å². The van der Waals surface area contributed by atoms with Gasteiger partial charge in [-0.25, -0.2) is 9.78 Å². The molecule has 1 saturated carbocycles. The number of carbonyl (C=O) groups excluding carboxylic acids is 1. The number of aliphatic carboxylic acids is 1. The van der Waals surface area contributed by atoms with E-state index < -0.39 is 17.9 Å². The van der Waals surface area contributed by atoms with Crippen LogP contribution in [0.1, 0.15) is 61.1 Å². The molecule has 7 heteroatoms. The Morgan fingerprint density at radius 2 is 1.90 bits per heavy atom. The van der Waals surface area contributed by atoms with Crippen molar-refractivity contribution in [3.8, 4) is 0 Å². The number of amides is 1. The van der Waals surface area contributed by atoms with Gasteiger partial charge in [0.2, 0.25) is 0 Å². The summed E-state index contributed by atoms with van der Waals surface area (Å²) in [4.78, 5) is 29.3. The van der Waals surface area contributed by atoms with Crippen molar-refractivity contribution in [3.05, 3.63) is 65.5 Å². The highest BCUT2D eigenvalue weighted by Crippen LogP contribution is 2.43. The first kappa shape index (κ1) is 20.9. The van der Waals surface area contributed by atoms with Crippen LogP contribution in [0.5, 0.6) is 0 Å². The standard InChI is InChI=1S/C24H28N4O3/c1-24(2,3)27-21-20(16-9-10-16)26-19-14-17(11-12-28(19)21)22(29)25-18(23(30)31)13-15-7-5-4-6-8-15/h4-8,11-12,14,16,18,27H,9-10,13H2,1-3H3,(H,25,29)(H,30,31). The van der Waals surface area contributed by atoms with Gasteiger partial charge in [-0.2, -0.15) is 0 Å². The molecule has 0 bridgehead atoms. The second-order valence-electron chi connectivity index (χ2n) is 9.19. The molecule has 0 radical (unpaired) electrons. The van der Waals surface area contributed by atoms with E-state index in [1.54, 1.807) is 12.1 Å². The molecular weight excluding hydrogens is 392 g/mol. The van der Waals surface area contributed by atoms with Crippen LogP contribution in [-0.2, 0) is 11.2 Å².